The lowest BCUT2D eigenvalue weighted by Crippen LogP contribution is -2.57. The molecule has 1 heterocycles. The van der Waals surface area contributed by atoms with Crippen molar-refractivity contribution in [2.45, 2.75) is 57.9 Å². The lowest BCUT2D eigenvalue weighted by molar-refractivity contribution is -0.148. The SMILES string of the molecule is CCCC1(C(=O)O)CCCN1C(=O)N(CC)CC1CC1. The number of carboxylic acid groups (broad SMARTS) is 1. The van der Waals surface area contributed by atoms with E-state index in [9.17, 15) is 14.7 Å². The maximum Gasteiger partial charge on any atom is 0.329 e. The van der Waals surface area contributed by atoms with Gasteiger partial charge in [0.25, 0.3) is 0 Å². The molecule has 5 heteroatoms. The molecule has 1 saturated heterocycles. The molecule has 1 N–H and O–H groups in total. The van der Waals surface area contributed by atoms with Crippen LogP contribution in [0.15, 0.2) is 0 Å². The van der Waals surface area contributed by atoms with Crippen molar-refractivity contribution in [1.82, 2.24) is 9.80 Å². The van der Waals surface area contributed by atoms with Crippen LogP contribution in [0.25, 0.3) is 0 Å². The highest BCUT2D eigenvalue weighted by Crippen LogP contribution is 2.36. The minimum atomic E-state index is -0.969. The van der Waals surface area contributed by atoms with Gasteiger partial charge in [0, 0.05) is 19.6 Å². The van der Waals surface area contributed by atoms with Crippen molar-refractivity contribution in [3.63, 3.8) is 0 Å². The first-order valence-electron chi connectivity index (χ1n) is 7.85. The van der Waals surface area contributed by atoms with Gasteiger partial charge in [-0.15, -0.1) is 0 Å². The summed E-state index contributed by atoms with van der Waals surface area (Å²) in [7, 11) is 0. The van der Waals surface area contributed by atoms with Gasteiger partial charge in [-0.1, -0.05) is 13.3 Å². The number of hydrogen-bond acceptors (Lipinski definition) is 2. The molecule has 114 valence electrons. The van der Waals surface area contributed by atoms with Crippen LogP contribution in [0.4, 0.5) is 4.79 Å². The van der Waals surface area contributed by atoms with Gasteiger partial charge in [-0.2, -0.15) is 0 Å². The topological polar surface area (TPSA) is 60.9 Å². The van der Waals surface area contributed by atoms with Gasteiger partial charge in [0.1, 0.15) is 5.54 Å². The average molecular weight is 282 g/mol. The van der Waals surface area contributed by atoms with Crippen molar-refractivity contribution in [3.8, 4) is 0 Å². The van der Waals surface area contributed by atoms with E-state index >= 15 is 0 Å². The summed E-state index contributed by atoms with van der Waals surface area (Å²) in [6.07, 6.45) is 5.10. The van der Waals surface area contributed by atoms with Crippen LogP contribution in [-0.4, -0.2) is 52.1 Å². The van der Waals surface area contributed by atoms with Gasteiger partial charge >= 0.3 is 12.0 Å². The molecule has 0 spiro atoms. The van der Waals surface area contributed by atoms with Crippen LogP contribution in [-0.2, 0) is 4.79 Å². The highest BCUT2D eigenvalue weighted by atomic mass is 16.4. The predicted molar refractivity (Wildman–Crippen MR) is 76.6 cm³/mol. The molecular weight excluding hydrogens is 256 g/mol. The van der Waals surface area contributed by atoms with E-state index in [4.69, 9.17) is 0 Å². The van der Waals surface area contributed by atoms with E-state index in [1.54, 1.807) is 4.90 Å². The van der Waals surface area contributed by atoms with Crippen molar-refractivity contribution in [2.24, 2.45) is 5.92 Å². The van der Waals surface area contributed by atoms with Crippen molar-refractivity contribution >= 4 is 12.0 Å². The molecule has 0 radical (unpaired) electrons. The normalized spacial score (nSPS) is 25.8. The summed E-state index contributed by atoms with van der Waals surface area (Å²) < 4.78 is 0. The third-order valence-corrected chi connectivity index (χ3v) is 4.61. The summed E-state index contributed by atoms with van der Waals surface area (Å²) in [5.41, 5.74) is -0.969. The molecule has 1 atom stereocenters. The molecule has 1 saturated carbocycles. The summed E-state index contributed by atoms with van der Waals surface area (Å²) in [6.45, 7) is 5.97. The number of carbonyl (C=O) groups excluding carboxylic acids is 1. The number of rotatable bonds is 6. The number of nitrogens with zero attached hydrogens (tertiary/aromatic N) is 2. The number of hydrogen-bond donors (Lipinski definition) is 1. The van der Waals surface area contributed by atoms with Gasteiger partial charge in [-0.3, -0.25) is 0 Å². The Balaban J connectivity index is 2.14. The molecule has 2 fully saturated rings. The highest BCUT2D eigenvalue weighted by molar-refractivity contribution is 5.87. The zero-order valence-electron chi connectivity index (χ0n) is 12.6. The van der Waals surface area contributed by atoms with E-state index in [1.807, 2.05) is 18.7 Å². The van der Waals surface area contributed by atoms with Crippen LogP contribution in [0, 0.1) is 5.92 Å². The maximum absolute atomic E-state index is 12.7. The standard InChI is InChI=1S/C15H26N2O3/c1-3-8-15(13(18)19)9-5-10-17(15)14(20)16(4-2)11-12-6-7-12/h12H,3-11H2,1-2H3,(H,18,19). The van der Waals surface area contributed by atoms with Crippen LogP contribution in [0.1, 0.15) is 52.4 Å². The van der Waals surface area contributed by atoms with Gasteiger partial charge in [0.2, 0.25) is 0 Å². The molecular formula is C15H26N2O3. The summed E-state index contributed by atoms with van der Waals surface area (Å²) in [5, 5.41) is 9.65. The van der Waals surface area contributed by atoms with Crippen LogP contribution in [0.3, 0.4) is 0 Å². The Labute approximate surface area is 120 Å². The fraction of sp³-hybridized carbons (Fsp3) is 0.867. The van der Waals surface area contributed by atoms with Crippen LogP contribution in [0.5, 0.6) is 0 Å². The molecule has 0 aromatic carbocycles. The Morgan fingerprint density at radius 2 is 2.05 bits per heavy atom. The van der Waals surface area contributed by atoms with Crippen molar-refractivity contribution in [1.29, 1.82) is 0 Å². The second-order valence-electron chi connectivity index (χ2n) is 6.11. The van der Waals surface area contributed by atoms with Gasteiger partial charge in [0.05, 0.1) is 0 Å². The number of amides is 2. The average Bonchev–Trinajstić information content (AvgIpc) is 3.14. The summed E-state index contributed by atoms with van der Waals surface area (Å²) in [5.74, 6) is -0.209. The minimum absolute atomic E-state index is 0.0762. The second-order valence-corrected chi connectivity index (χ2v) is 6.11. The van der Waals surface area contributed by atoms with Crippen LogP contribution < -0.4 is 0 Å². The van der Waals surface area contributed by atoms with Gasteiger partial charge in [0.15, 0.2) is 0 Å². The monoisotopic (exact) mass is 282 g/mol. The quantitative estimate of drug-likeness (QED) is 0.814. The van der Waals surface area contributed by atoms with Crippen molar-refractivity contribution in [3.05, 3.63) is 0 Å². The Morgan fingerprint density at radius 1 is 1.35 bits per heavy atom. The minimum Gasteiger partial charge on any atom is -0.479 e. The zero-order valence-corrected chi connectivity index (χ0v) is 12.6. The fourth-order valence-electron chi connectivity index (χ4n) is 3.29. The Kier molecular flexibility index (Phi) is 4.55. The molecule has 2 amide bonds. The first kappa shape index (κ1) is 15.1. The lowest BCUT2D eigenvalue weighted by Gasteiger charge is -2.38. The Hall–Kier alpha value is -1.26. The summed E-state index contributed by atoms with van der Waals surface area (Å²) in [6, 6.07) is -0.0762. The fourth-order valence-corrected chi connectivity index (χ4v) is 3.29. The molecule has 2 aliphatic rings. The van der Waals surface area contributed by atoms with E-state index in [1.165, 1.54) is 12.8 Å². The van der Waals surface area contributed by atoms with Gasteiger partial charge in [-0.05, 0) is 44.9 Å². The molecule has 0 aromatic heterocycles. The molecule has 20 heavy (non-hydrogen) atoms. The van der Waals surface area contributed by atoms with Crippen LogP contribution in [0.2, 0.25) is 0 Å². The molecule has 5 nitrogen and oxygen atoms in total. The third kappa shape index (κ3) is 2.76. The zero-order chi connectivity index (χ0) is 14.8. The first-order chi connectivity index (χ1) is 9.55. The summed E-state index contributed by atoms with van der Waals surface area (Å²) in [4.78, 5) is 27.9. The number of likely N-dealkylation sites (tertiary alicyclic amines) is 1. The molecule has 1 aliphatic heterocycles. The molecule has 0 aromatic rings. The second kappa shape index (κ2) is 6.02. The van der Waals surface area contributed by atoms with E-state index in [0.717, 1.165) is 19.4 Å². The number of urea groups is 1. The lowest BCUT2D eigenvalue weighted by atomic mass is 9.91. The largest absolute Gasteiger partial charge is 0.479 e. The highest BCUT2D eigenvalue weighted by Gasteiger charge is 2.50. The van der Waals surface area contributed by atoms with E-state index in [2.05, 4.69) is 0 Å². The molecule has 2 rings (SSSR count). The van der Waals surface area contributed by atoms with Gasteiger partial charge < -0.3 is 14.9 Å². The van der Waals surface area contributed by atoms with E-state index in [0.29, 0.717) is 31.8 Å². The first-order valence-corrected chi connectivity index (χ1v) is 7.85. The summed E-state index contributed by atoms with van der Waals surface area (Å²) >= 11 is 0. The molecule has 0 bridgehead atoms. The van der Waals surface area contributed by atoms with Crippen molar-refractivity contribution in [2.75, 3.05) is 19.6 Å². The van der Waals surface area contributed by atoms with E-state index in [-0.39, 0.29) is 6.03 Å². The number of carbonyl (C=O) groups is 2. The van der Waals surface area contributed by atoms with Crippen LogP contribution >= 0.6 is 0 Å². The van der Waals surface area contributed by atoms with Gasteiger partial charge in [-0.25, -0.2) is 9.59 Å². The number of aliphatic carboxylic acids is 1. The Bertz CT molecular complexity index is 381. The van der Waals surface area contributed by atoms with Crippen molar-refractivity contribution < 1.29 is 14.7 Å². The van der Waals surface area contributed by atoms with E-state index < -0.39 is 11.5 Å². The predicted octanol–water partition coefficient (Wildman–Crippen LogP) is 2.56. The smallest absolute Gasteiger partial charge is 0.329 e. The molecule has 1 aliphatic carbocycles. The molecule has 1 unspecified atom stereocenters. The Morgan fingerprint density at radius 3 is 2.55 bits per heavy atom. The number of carboxylic acids is 1. The maximum atomic E-state index is 12.7. The third-order valence-electron chi connectivity index (χ3n) is 4.61.